The maximum absolute atomic E-state index is 12.3. The molecule has 0 aliphatic carbocycles. The normalized spacial score (nSPS) is 11.3. The second-order valence-corrected chi connectivity index (χ2v) is 8.48. The molecule has 11 heteroatoms. The number of tetrazole rings is 1. The topological polar surface area (TPSA) is 107 Å². The number of aromatic nitrogens is 8. The van der Waals surface area contributed by atoms with Gasteiger partial charge in [-0.25, -0.2) is 9.67 Å². The largest absolute Gasteiger partial charge is 0.296 e. The van der Waals surface area contributed by atoms with E-state index in [1.807, 2.05) is 35.9 Å². The zero-order chi connectivity index (χ0) is 23.4. The van der Waals surface area contributed by atoms with E-state index in [0.717, 1.165) is 42.8 Å². The Labute approximate surface area is 201 Å². The first-order valence-corrected chi connectivity index (χ1v) is 11.6. The molecule has 0 saturated heterocycles. The van der Waals surface area contributed by atoms with Gasteiger partial charge in [0.2, 0.25) is 17.4 Å². The molecule has 4 aromatic rings. The average molecular weight is 487 g/mol. The third kappa shape index (κ3) is 4.99. The number of nitrogens with zero attached hydrogens (tertiary/aromatic N) is 7. The Morgan fingerprint density at radius 1 is 1.12 bits per heavy atom. The molecule has 0 aliphatic rings. The van der Waals surface area contributed by atoms with Crippen LogP contribution in [-0.2, 0) is 13.0 Å². The first-order chi connectivity index (χ1) is 16.0. The van der Waals surface area contributed by atoms with Crippen molar-refractivity contribution in [3.05, 3.63) is 57.7 Å². The van der Waals surface area contributed by atoms with Crippen LogP contribution in [0.2, 0.25) is 10.2 Å². The van der Waals surface area contributed by atoms with Crippen LogP contribution in [0.25, 0.3) is 17.2 Å². The van der Waals surface area contributed by atoms with E-state index in [2.05, 4.69) is 37.6 Å². The lowest BCUT2D eigenvalue weighted by Crippen LogP contribution is -2.08. The highest BCUT2D eigenvalue weighted by molar-refractivity contribution is 6.36. The number of carbonyl (C=O) groups excluding carboxylic acids is 1. The number of unbranched alkanes of at least 4 members (excludes halogenated alkanes) is 1. The second kappa shape index (κ2) is 10.3. The van der Waals surface area contributed by atoms with Gasteiger partial charge < -0.3 is 0 Å². The summed E-state index contributed by atoms with van der Waals surface area (Å²) in [7, 11) is 0. The lowest BCUT2D eigenvalue weighted by atomic mass is 10.2. The van der Waals surface area contributed by atoms with E-state index in [1.54, 1.807) is 10.6 Å². The first kappa shape index (κ1) is 23.1. The molecule has 0 amide bonds. The highest BCUT2D eigenvalue weighted by atomic mass is 35.5. The quantitative estimate of drug-likeness (QED) is 0.318. The van der Waals surface area contributed by atoms with Gasteiger partial charge in [-0.3, -0.25) is 9.36 Å². The lowest BCUT2D eigenvalue weighted by Gasteiger charge is -2.11. The lowest BCUT2D eigenvalue weighted by molar-refractivity contribution is 0.0971. The maximum Gasteiger partial charge on any atom is 0.222 e. The minimum absolute atomic E-state index is 0.0162. The minimum Gasteiger partial charge on any atom is -0.296 e. The van der Waals surface area contributed by atoms with Gasteiger partial charge in [-0.15, -0.1) is 15.3 Å². The molecule has 0 aliphatic heterocycles. The SMILES string of the molecule is CCCCc1nc(C(=O)CCC)nn1Cc1ccc(-n2c(Cl)cc(Cl)c2-c2nn[nH]n2)cc1. The first-order valence-electron chi connectivity index (χ1n) is 10.9. The zero-order valence-corrected chi connectivity index (χ0v) is 19.9. The van der Waals surface area contributed by atoms with Crippen molar-refractivity contribution in [2.45, 2.75) is 52.5 Å². The van der Waals surface area contributed by atoms with Crippen molar-refractivity contribution < 1.29 is 4.79 Å². The van der Waals surface area contributed by atoms with Crippen molar-refractivity contribution in [2.75, 3.05) is 0 Å². The Hall–Kier alpha value is -3.04. The number of aromatic amines is 1. The van der Waals surface area contributed by atoms with Gasteiger partial charge in [0.1, 0.15) is 16.7 Å². The fourth-order valence-corrected chi connectivity index (χ4v) is 4.19. The second-order valence-electron chi connectivity index (χ2n) is 7.69. The number of Topliss-reactive ketones (excluding diaryl/α,β-unsaturated/α-hetero) is 1. The number of hydrogen-bond donors (Lipinski definition) is 1. The third-order valence-corrected chi connectivity index (χ3v) is 5.79. The molecule has 0 saturated carbocycles. The monoisotopic (exact) mass is 486 g/mol. The molecule has 3 aromatic heterocycles. The van der Waals surface area contributed by atoms with Gasteiger partial charge in [0.25, 0.3) is 0 Å². The zero-order valence-electron chi connectivity index (χ0n) is 18.4. The molecule has 0 bridgehead atoms. The van der Waals surface area contributed by atoms with E-state index >= 15 is 0 Å². The summed E-state index contributed by atoms with van der Waals surface area (Å²) in [6, 6.07) is 9.49. The number of aryl methyl sites for hydroxylation is 1. The van der Waals surface area contributed by atoms with E-state index in [-0.39, 0.29) is 5.78 Å². The van der Waals surface area contributed by atoms with Crippen LogP contribution in [-0.4, -0.2) is 45.7 Å². The van der Waals surface area contributed by atoms with Gasteiger partial charge >= 0.3 is 0 Å². The molecule has 33 heavy (non-hydrogen) atoms. The smallest absolute Gasteiger partial charge is 0.222 e. The summed E-state index contributed by atoms with van der Waals surface area (Å²) in [6.07, 6.45) is 4.05. The van der Waals surface area contributed by atoms with Crippen LogP contribution in [0.5, 0.6) is 0 Å². The number of nitrogens with one attached hydrogen (secondary N) is 1. The molecule has 1 aromatic carbocycles. The van der Waals surface area contributed by atoms with Crippen LogP contribution in [0.1, 0.15) is 61.5 Å². The fourth-order valence-electron chi connectivity index (χ4n) is 3.57. The number of rotatable bonds is 10. The Bertz CT molecular complexity index is 1230. The molecule has 3 heterocycles. The summed E-state index contributed by atoms with van der Waals surface area (Å²) < 4.78 is 3.60. The summed E-state index contributed by atoms with van der Waals surface area (Å²) in [5.41, 5.74) is 2.38. The van der Waals surface area contributed by atoms with E-state index < -0.39 is 0 Å². The molecule has 0 radical (unpaired) electrons. The Kier molecular flexibility index (Phi) is 7.20. The van der Waals surface area contributed by atoms with Gasteiger partial charge in [0, 0.05) is 18.5 Å². The Morgan fingerprint density at radius 2 is 1.91 bits per heavy atom. The van der Waals surface area contributed by atoms with Gasteiger partial charge in [-0.2, -0.15) is 5.21 Å². The summed E-state index contributed by atoms with van der Waals surface area (Å²) in [5, 5.41) is 19.5. The molecular weight excluding hydrogens is 463 g/mol. The van der Waals surface area contributed by atoms with E-state index in [4.69, 9.17) is 23.2 Å². The molecule has 172 valence electrons. The summed E-state index contributed by atoms with van der Waals surface area (Å²) in [4.78, 5) is 16.8. The fraction of sp³-hybridized carbons (Fsp3) is 0.364. The van der Waals surface area contributed by atoms with Gasteiger partial charge in [-0.1, -0.05) is 55.6 Å². The highest BCUT2D eigenvalue weighted by Gasteiger charge is 2.20. The van der Waals surface area contributed by atoms with Crippen molar-refractivity contribution in [1.82, 2.24) is 40.0 Å². The summed E-state index contributed by atoms with van der Waals surface area (Å²) in [6.45, 7) is 4.62. The number of benzene rings is 1. The van der Waals surface area contributed by atoms with Crippen LogP contribution in [0, 0.1) is 0 Å². The molecule has 0 atom stereocenters. The minimum atomic E-state index is -0.0162. The van der Waals surface area contributed by atoms with Gasteiger partial charge in [0.05, 0.1) is 11.6 Å². The van der Waals surface area contributed by atoms with Crippen LogP contribution in [0.15, 0.2) is 30.3 Å². The molecule has 0 spiro atoms. The van der Waals surface area contributed by atoms with Crippen molar-refractivity contribution in [2.24, 2.45) is 0 Å². The molecule has 0 fully saturated rings. The van der Waals surface area contributed by atoms with Crippen molar-refractivity contribution >= 4 is 29.0 Å². The number of ketones is 1. The van der Waals surface area contributed by atoms with Crippen LogP contribution in [0.4, 0.5) is 0 Å². The van der Waals surface area contributed by atoms with Crippen LogP contribution >= 0.6 is 23.2 Å². The van der Waals surface area contributed by atoms with Crippen LogP contribution < -0.4 is 0 Å². The van der Waals surface area contributed by atoms with E-state index in [1.165, 1.54) is 0 Å². The summed E-state index contributed by atoms with van der Waals surface area (Å²) in [5.74, 6) is 1.47. The Balaban J connectivity index is 1.61. The molecule has 9 nitrogen and oxygen atoms in total. The van der Waals surface area contributed by atoms with Crippen molar-refractivity contribution in [3.8, 4) is 17.2 Å². The number of carbonyl (C=O) groups is 1. The van der Waals surface area contributed by atoms with Gasteiger partial charge in [0.15, 0.2) is 0 Å². The molecule has 1 N–H and O–H groups in total. The highest BCUT2D eigenvalue weighted by Crippen LogP contribution is 2.34. The number of H-pyrrole nitrogens is 1. The molecule has 4 rings (SSSR count). The van der Waals surface area contributed by atoms with Crippen molar-refractivity contribution in [3.63, 3.8) is 0 Å². The summed E-state index contributed by atoms with van der Waals surface area (Å²) >= 11 is 12.8. The van der Waals surface area contributed by atoms with E-state index in [0.29, 0.717) is 40.5 Å². The predicted octanol–water partition coefficient (Wildman–Crippen LogP) is 4.93. The maximum atomic E-state index is 12.3. The average Bonchev–Trinajstić information content (AvgIpc) is 3.52. The molecule has 0 unspecified atom stereocenters. The van der Waals surface area contributed by atoms with Gasteiger partial charge in [-0.05, 0) is 41.8 Å². The standard InChI is InChI=1S/C22H24Cl2N8O/c1-3-5-7-19-25-21(17(33)6-4-2)28-31(19)13-14-8-10-15(11-9-14)32-18(24)12-16(23)20(32)22-26-29-30-27-22/h8-12H,3-7,13H2,1-2H3,(H,26,27,29,30). The molecular formula is C22H24Cl2N8O. The van der Waals surface area contributed by atoms with E-state index in [9.17, 15) is 4.79 Å². The predicted molar refractivity (Wildman–Crippen MR) is 126 cm³/mol. The Morgan fingerprint density at radius 3 is 2.58 bits per heavy atom. The van der Waals surface area contributed by atoms with Crippen LogP contribution in [0.3, 0.4) is 0 Å². The number of halogens is 2. The number of hydrogen-bond acceptors (Lipinski definition) is 6. The van der Waals surface area contributed by atoms with Crippen molar-refractivity contribution in [1.29, 1.82) is 0 Å². The third-order valence-electron chi connectivity index (χ3n) is 5.22.